The number of aromatic nitrogens is 4. The van der Waals surface area contributed by atoms with E-state index in [9.17, 15) is 0 Å². The van der Waals surface area contributed by atoms with Crippen LogP contribution in [0, 0.1) is 0 Å². The molecule has 130 valence electrons. The number of aryl methyl sites for hydroxylation is 1. The zero-order valence-electron chi connectivity index (χ0n) is 14.3. The van der Waals surface area contributed by atoms with Crippen molar-refractivity contribution in [2.75, 3.05) is 19.6 Å². The molecule has 0 radical (unpaired) electrons. The van der Waals surface area contributed by atoms with Crippen LogP contribution in [0.15, 0.2) is 17.5 Å². The van der Waals surface area contributed by atoms with Gasteiger partial charge in [-0.1, -0.05) is 6.92 Å². The summed E-state index contributed by atoms with van der Waals surface area (Å²) in [6.45, 7) is 7.75. The Morgan fingerprint density at radius 2 is 2.21 bits per heavy atom. The first-order chi connectivity index (χ1) is 11.8. The van der Waals surface area contributed by atoms with Crippen LogP contribution < -0.4 is 5.32 Å². The number of H-pyrrole nitrogens is 1. The normalized spacial score (nSPS) is 16.6. The highest BCUT2D eigenvalue weighted by Gasteiger charge is 2.24. The first kappa shape index (κ1) is 16.9. The monoisotopic (exact) mass is 347 g/mol. The molecule has 0 aliphatic carbocycles. The summed E-state index contributed by atoms with van der Waals surface area (Å²) in [5, 5.41) is 11.5. The number of aliphatic imine (C=N–C) groups is 1. The zero-order valence-corrected chi connectivity index (χ0v) is 15.1. The minimum atomic E-state index is 0.470. The number of hydrogen-bond donors (Lipinski definition) is 2. The van der Waals surface area contributed by atoms with E-state index in [1.165, 1.54) is 4.88 Å². The van der Waals surface area contributed by atoms with Crippen molar-refractivity contribution in [3.05, 3.63) is 28.2 Å². The molecule has 2 aromatic rings. The van der Waals surface area contributed by atoms with Crippen LogP contribution in [-0.4, -0.2) is 50.7 Å². The Hall–Kier alpha value is -1.96. The van der Waals surface area contributed by atoms with Crippen LogP contribution in [0.5, 0.6) is 0 Å². The van der Waals surface area contributed by atoms with Crippen molar-refractivity contribution in [2.45, 2.75) is 45.6 Å². The molecule has 1 saturated heterocycles. The number of thiazole rings is 1. The van der Waals surface area contributed by atoms with E-state index in [-0.39, 0.29) is 0 Å². The molecule has 0 unspecified atom stereocenters. The summed E-state index contributed by atoms with van der Waals surface area (Å²) in [5.41, 5.74) is 0. The third-order valence-corrected chi connectivity index (χ3v) is 5.39. The fourth-order valence-electron chi connectivity index (χ4n) is 2.93. The number of nitrogens with zero attached hydrogens (tertiary/aromatic N) is 5. The molecule has 0 amide bonds. The van der Waals surface area contributed by atoms with Crippen LogP contribution in [0.1, 0.15) is 48.3 Å². The molecule has 0 bridgehead atoms. The van der Waals surface area contributed by atoms with E-state index in [1.54, 1.807) is 17.7 Å². The molecular weight excluding hydrogens is 322 g/mol. The van der Waals surface area contributed by atoms with Crippen LogP contribution in [0.25, 0.3) is 0 Å². The molecule has 7 nitrogen and oxygen atoms in total. The van der Waals surface area contributed by atoms with E-state index in [0.29, 0.717) is 12.5 Å². The second kappa shape index (κ2) is 8.23. The number of guanidine groups is 1. The topological polar surface area (TPSA) is 82.1 Å². The lowest BCUT2D eigenvalue weighted by Crippen LogP contribution is -2.45. The lowest BCUT2D eigenvalue weighted by Gasteiger charge is -2.33. The Labute approximate surface area is 146 Å². The van der Waals surface area contributed by atoms with Crippen LogP contribution in [0.3, 0.4) is 0 Å². The Morgan fingerprint density at radius 3 is 2.83 bits per heavy atom. The Morgan fingerprint density at radius 1 is 1.38 bits per heavy atom. The highest BCUT2D eigenvalue weighted by molar-refractivity contribution is 7.11. The van der Waals surface area contributed by atoms with Crippen molar-refractivity contribution in [1.82, 2.24) is 30.4 Å². The predicted molar refractivity (Wildman–Crippen MR) is 96.2 cm³/mol. The van der Waals surface area contributed by atoms with E-state index in [0.717, 1.165) is 55.7 Å². The lowest BCUT2D eigenvalue weighted by molar-refractivity contribution is 0.299. The van der Waals surface area contributed by atoms with Gasteiger partial charge in [0.05, 0.1) is 6.54 Å². The zero-order chi connectivity index (χ0) is 16.8. The van der Waals surface area contributed by atoms with E-state index in [1.807, 2.05) is 6.20 Å². The molecule has 8 heteroatoms. The smallest absolute Gasteiger partial charge is 0.194 e. The highest BCUT2D eigenvalue weighted by atomic mass is 32.1. The van der Waals surface area contributed by atoms with E-state index >= 15 is 0 Å². The van der Waals surface area contributed by atoms with E-state index in [2.05, 4.69) is 44.2 Å². The van der Waals surface area contributed by atoms with Crippen molar-refractivity contribution in [3.8, 4) is 0 Å². The van der Waals surface area contributed by atoms with Crippen LogP contribution in [0.4, 0.5) is 0 Å². The summed E-state index contributed by atoms with van der Waals surface area (Å²) >= 11 is 1.75. The average Bonchev–Trinajstić information content (AvgIpc) is 3.30. The molecule has 3 rings (SSSR count). The van der Waals surface area contributed by atoms with Crippen molar-refractivity contribution >= 4 is 17.3 Å². The lowest BCUT2D eigenvalue weighted by atomic mass is 9.96. The van der Waals surface area contributed by atoms with Crippen LogP contribution >= 0.6 is 11.3 Å². The van der Waals surface area contributed by atoms with Crippen molar-refractivity contribution in [2.24, 2.45) is 4.99 Å². The minimum absolute atomic E-state index is 0.470. The van der Waals surface area contributed by atoms with Gasteiger partial charge in [-0.25, -0.2) is 15.0 Å². The van der Waals surface area contributed by atoms with Gasteiger partial charge in [0, 0.05) is 36.6 Å². The van der Waals surface area contributed by atoms with Crippen molar-refractivity contribution in [1.29, 1.82) is 0 Å². The van der Waals surface area contributed by atoms with Crippen molar-refractivity contribution < 1.29 is 0 Å². The van der Waals surface area contributed by atoms with Gasteiger partial charge in [-0.05, 0) is 26.2 Å². The largest absolute Gasteiger partial charge is 0.357 e. The molecule has 3 heterocycles. The summed E-state index contributed by atoms with van der Waals surface area (Å²) in [6.07, 6.45) is 6.72. The van der Waals surface area contributed by atoms with Gasteiger partial charge in [-0.15, -0.1) is 11.3 Å². The molecule has 1 fully saturated rings. The van der Waals surface area contributed by atoms with Gasteiger partial charge in [0.1, 0.15) is 17.2 Å². The third kappa shape index (κ3) is 4.11. The van der Waals surface area contributed by atoms with Crippen LogP contribution in [-0.2, 0) is 13.0 Å². The number of nitrogens with one attached hydrogen (secondary N) is 2. The maximum absolute atomic E-state index is 4.79. The number of rotatable bonds is 5. The fraction of sp³-hybridized carbons (Fsp3) is 0.625. The maximum Gasteiger partial charge on any atom is 0.194 e. The van der Waals surface area contributed by atoms with E-state index in [4.69, 9.17) is 4.99 Å². The van der Waals surface area contributed by atoms with Gasteiger partial charge >= 0.3 is 0 Å². The molecule has 0 spiro atoms. The Balaban J connectivity index is 1.60. The number of likely N-dealkylation sites (tertiary alicyclic amines) is 1. The number of hydrogen-bond acceptors (Lipinski definition) is 5. The molecule has 2 N–H and O–H groups in total. The Bertz CT molecular complexity index is 641. The highest BCUT2D eigenvalue weighted by Crippen LogP contribution is 2.25. The maximum atomic E-state index is 4.79. The van der Waals surface area contributed by atoms with Gasteiger partial charge in [0.2, 0.25) is 0 Å². The molecule has 0 atom stereocenters. The molecule has 2 aromatic heterocycles. The fourth-order valence-corrected chi connectivity index (χ4v) is 3.72. The second-order valence-corrected chi connectivity index (χ2v) is 7.08. The number of aromatic amines is 1. The first-order valence-corrected chi connectivity index (χ1v) is 9.43. The summed E-state index contributed by atoms with van der Waals surface area (Å²) in [4.78, 5) is 17.2. The van der Waals surface area contributed by atoms with Gasteiger partial charge < -0.3 is 10.2 Å². The SMILES string of the molecule is CCNC(=NCc1ncc(CC)s1)N1CCC(c2ncn[nH]2)CC1. The Kier molecular flexibility index (Phi) is 5.79. The van der Waals surface area contributed by atoms with Crippen molar-refractivity contribution in [3.63, 3.8) is 0 Å². The standard InChI is InChI=1S/C16H25N7S/c1-3-13-9-18-14(24-13)10-19-16(17-4-2)23-7-5-12(6-8-23)15-20-11-21-22-15/h9,11-12H,3-8,10H2,1-2H3,(H,17,19)(H,20,21,22). The van der Waals surface area contributed by atoms with Gasteiger partial charge in [0.25, 0.3) is 0 Å². The molecular formula is C16H25N7S. The van der Waals surface area contributed by atoms with E-state index < -0.39 is 0 Å². The average molecular weight is 347 g/mol. The summed E-state index contributed by atoms with van der Waals surface area (Å²) in [7, 11) is 0. The molecule has 0 aromatic carbocycles. The summed E-state index contributed by atoms with van der Waals surface area (Å²) in [5.74, 6) is 2.46. The van der Waals surface area contributed by atoms with Gasteiger partial charge in [-0.3, -0.25) is 5.10 Å². The van der Waals surface area contributed by atoms with Gasteiger partial charge in [-0.2, -0.15) is 5.10 Å². The number of piperidine rings is 1. The van der Waals surface area contributed by atoms with Gasteiger partial charge in [0.15, 0.2) is 5.96 Å². The second-order valence-electron chi connectivity index (χ2n) is 5.88. The molecule has 1 aliphatic rings. The molecule has 24 heavy (non-hydrogen) atoms. The summed E-state index contributed by atoms with van der Waals surface area (Å²) in [6, 6.07) is 0. The van der Waals surface area contributed by atoms with Crippen LogP contribution in [0.2, 0.25) is 0 Å². The predicted octanol–water partition coefficient (Wildman–Crippen LogP) is 2.17. The minimum Gasteiger partial charge on any atom is -0.357 e. The first-order valence-electron chi connectivity index (χ1n) is 8.62. The third-order valence-electron chi connectivity index (χ3n) is 4.26. The summed E-state index contributed by atoms with van der Waals surface area (Å²) < 4.78 is 0. The molecule has 0 saturated carbocycles. The quantitative estimate of drug-likeness (QED) is 0.640. The molecule has 1 aliphatic heterocycles.